The Kier molecular flexibility index (Phi) is 4.09. The molecule has 0 amide bonds. The predicted molar refractivity (Wildman–Crippen MR) is 102 cm³/mol. The highest BCUT2D eigenvalue weighted by molar-refractivity contribution is 7.17. The number of fused-ring (bicyclic) bond motifs is 2. The van der Waals surface area contributed by atoms with E-state index in [0.29, 0.717) is 17.6 Å². The van der Waals surface area contributed by atoms with E-state index in [2.05, 4.69) is 29.2 Å². The molecule has 0 fully saturated rings. The van der Waals surface area contributed by atoms with Crippen LogP contribution in [0.4, 0.5) is 4.39 Å². The Labute approximate surface area is 148 Å². The van der Waals surface area contributed by atoms with E-state index in [1.165, 1.54) is 15.9 Å². The summed E-state index contributed by atoms with van der Waals surface area (Å²) in [5.74, 6) is 0.641. The van der Waals surface area contributed by atoms with Gasteiger partial charge in [0.15, 0.2) is 0 Å². The van der Waals surface area contributed by atoms with Crippen molar-refractivity contribution in [3.8, 4) is 11.1 Å². The smallest absolute Gasteiger partial charge is 0.262 e. The van der Waals surface area contributed by atoms with Gasteiger partial charge < -0.3 is 0 Å². The maximum Gasteiger partial charge on any atom is 0.262 e. The maximum absolute atomic E-state index is 13.0. The Hall–Kier alpha value is -2.53. The fourth-order valence-corrected chi connectivity index (χ4v) is 4.18. The molecule has 0 radical (unpaired) electrons. The van der Waals surface area contributed by atoms with Crippen molar-refractivity contribution in [2.24, 2.45) is 0 Å². The van der Waals surface area contributed by atoms with Gasteiger partial charge in [-0.1, -0.05) is 43.3 Å². The first-order valence-corrected chi connectivity index (χ1v) is 9.17. The standard InChI is InChI=1S/C20H17FN2OS/c1-2-17-22-19-18(20(24)23(17)10-9-21)16(12-25-19)15-8-7-13-5-3-4-6-14(13)11-15/h3-8,11-12H,2,9-10H2,1H3. The lowest BCUT2D eigenvalue weighted by molar-refractivity contribution is 0.432. The van der Waals surface area contributed by atoms with Crippen LogP contribution in [-0.4, -0.2) is 16.2 Å². The van der Waals surface area contributed by atoms with Crippen molar-refractivity contribution >= 4 is 32.3 Å². The lowest BCUT2D eigenvalue weighted by Crippen LogP contribution is -2.25. The average molecular weight is 352 g/mol. The van der Waals surface area contributed by atoms with E-state index in [0.717, 1.165) is 26.7 Å². The molecule has 0 aliphatic heterocycles. The van der Waals surface area contributed by atoms with Crippen molar-refractivity contribution in [2.45, 2.75) is 19.9 Å². The number of hydrogen-bond donors (Lipinski definition) is 0. The van der Waals surface area contributed by atoms with Gasteiger partial charge in [-0.05, 0) is 22.4 Å². The molecule has 5 heteroatoms. The van der Waals surface area contributed by atoms with Gasteiger partial charge in [0.1, 0.15) is 17.3 Å². The van der Waals surface area contributed by atoms with Gasteiger partial charge in [-0.2, -0.15) is 0 Å². The summed E-state index contributed by atoms with van der Waals surface area (Å²) in [6.45, 7) is 1.41. The van der Waals surface area contributed by atoms with Crippen LogP contribution in [0.5, 0.6) is 0 Å². The van der Waals surface area contributed by atoms with Crippen LogP contribution in [0.25, 0.3) is 32.1 Å². The number of aromatic nitrogens is 2. The Bertz CT molecular complexity index is 1130. The minimum absolute atomic E-state index is 0.0535. The van der Waals surface area contributed by atoms with Crippen molar-refractivity contribution in [1.82, 2.24) is 9.55 Å². The summed E-state index contributed by atoms with van der Waals surface area (Å²) in [4.78, 5) is 18.3. The van der Waals surface area contributed by atoms with Crippen molar-refractivity contribution in [3.05, 3.63) is 64.0 Å². The highest BCUT2D eigenvalue weighted by Gasteiger charge is 2.16. The number of thiophene rings is 1. The van der Waals surface area contributed by atoms with E-state index >= 15 is 0 Å². The van der Waals surface area contributed by atoms with Crippen molar-refractivity contribution in [1.29, 1.82) is 0 Å². The SMILES string of the molecule is CCc1nc2scc(-c3ccc4ccccc4c3)c2c(=O)n1CCF. The third-order valence-corrected chi connectivity index (χ3v) is 5.33. The number of nitrogens with zero attached hydrogens (tertiary/aromatic N) is 2. The number of rotatable bonds is 4. The molecule has 2 heterocycles. The zero-order valence-electron chi connectivity index (χ0n) is 13.8. The molecule has 3 nitrogen and oxygen atoms in total. The zero-order chi connectivity index (χ0) is 17.4. The number of halogens is 1. The number of hydrogen-bond acceptors (Lipinski definition) is 3. The Balaban J connectivity index is 1.98. The van der Waals surface area contributed by atoms with Gasteiger partial charge in [0.05, 0.1) is 11.9 Å². The van der Waals surface area contributed by atoms with Crippen LogP contribution in [0.3, 0.4) is 0 Å². The molecule has 0 bridgehead atoms. The second kappa shape index (κ2) is 6.41. The largest absolute Gasteiger partial charge is 0.293 e. The lowest BCUT2D eigenvalue weighted by atomic mass is 10.0. The Morgan fingerprint density at radius 1 is 1.16 bits per heavy atom. The normalized spacial score (nSPS) is 11.4. The molecular formula is C20H17FN2OS. The fraction of sp³-hybridized carbons (Fsp3) is 0.200. The molecule has 2 aromatic carbocycles. The molecule has 4 rings (SSSR count). The first-order chi connectivity index (χ1) is 12.2. The average Bonchev–Trinajstić information content (AvgIpc) is 3.07. The maximum atomic E-state index is 13.0. The Morgan fingerprint density at radius 2 is 1.96 bits per heavy atom. The van der Waals surface area contributed by atoms with Crippen molar-refractivity contribution < 1.29 is 4.39 Å². The molecule has 126 valence electrons. The van der Waals surface area contributed by atoms with Gasteiger partial charge in [-0.15, -0.1) is 11.3 Å². The molecule has 0 atom stereocenters. The van der Waals surface area contributed by atoms with Gasteiger partial charge in [-0.25, -0.2) is 9.37 Å². The van der Waals surface area contributed by atoms with Crippen molar-refractivity contribution in [3.63, 3.8) is 0 Å². The predicted octanol–water partition coefficient (Wildman–Crippen LogP) is 4.81. The van der Waals surface area contributed by atoms with E-state index < -0.39 is 6.67 Å². The minimum Gasteiger partial charge on any atom is -0.293 e. The number of aryl methyl sites for hydroxylation is 1. The second-order valence-electron chi connectivity index (χ2n) is 5.92. The highest BCUT2D eigenvalue weighted by atomic mass is 32.1. The van der Waals surface area contributed by atoms with Gasteiger partial charge >= 0.3 is 0 Å². The molecule has 0 spiro atoms. The molecule has 2 aromatic heterocycles. The molecular weight excluding hydrogens is 335 g/mol. The van der Waals surface area contributed by atoms with Gasteiger partial charge in [0.2, 0.25) is 0 Å². The van der Waals surface area contributed by atoms with Crippen LogP contribution in [0.1, 0.15) is 12.7 Å². The van der Waals surface area contributed by atoms with E-state index in [1.54, 1.807) is 0 Å². The summed E-state index contributed by atoms with van der Waals surface area (Å²) in [6, 6.07) is 14.3. The summed E-state index contributed by atoms with van der Waals surface area (Å²) in [6.07, 6.45) is 0.606. The van der Waals surface area contributed by atoms with Crippen molar-refractivity contribution in [2.75, 3.05) is 6.67 Å². The van der Waals surface area contributed by atoms with E-state index in [4.69, 9.17) is 0 Å². The third kappa shape index (κ3) is 2.65. The monoisotopic (exact) mass is 352 g/mol. The summed E-state index contributed by atoms with van der Waals surface area (Å²) in [5, 5.41) is 4.85. The minimum atomic E-state index is -0.574. The summed E-state index contributed by atoms with van der Waals surface area (Å²) in [7, 11) is 0. The summed E-state index contributed by atoms with van der Waals surface area (Å²) >= 11 is 1.47. The summed E-state index contributed by atoms with van der Waals surface area (Å²) in [5.41, 5.74) is 1.71. The molecule has 0 N–H and O–H groups in total. The molecule has 0 aliphatic rings. The van der Waals surface area contributed by atoms with Crippen LogP contribution in [0.15, 0.2) is 52.6 Å². The van der Waals surface area contributed by atoms with Gasteiger partial charge in [0, 0.05) is 17.4 Å². The van der Waals surface area contributed by atoms with Gasteiger partial charge in [0.25, 0.3) is 5.56 Å². The van der Waals surface area contributed by atoms with Gasteiger partial charge in [-0.3, -0.25) is 9.36 Å². The third-order valence-electron chi connectivity index (χ3n) is 4.46. The van der Waals surface area contributed by atoms with Crippen LogP contribution in [0, 0.1) is 0 Å². The van der Waals surface area contributed by atoms with Crippen LogP contribution in [-0.2, 0) is 13.0 Å². The van der Waals surface area contributed by atoms with E-state index in [1.807, 2.05) is 30.5 Å². The van der Waals surface area contributed by atoms with E-state index in [-0.39, 0.29) is 12.1 Å². The zero-order valence-corrected chi connectivity index (χ0v) is 14.6. The van der Waals surface area contributed by atoms with Crippen LogP contribution in [0.2, 0.25) is 0 Å². The van der Waals surface area contributed by atoms with Crippen LogP contribution < -0.4 is 5.56 Å². The van der Waals surface area contributed by atoms with E-state index in [9.17, 15) is 9.18 Å². The molecule has 0 saturated carbocycles. The molecule has 0 aliphatic carbocycles. The molecule has 4 aromatic rings. The first kappa shape index (κ1) is 16.0. The summed E-state index contributed by atoms with van der Waals surface area (Å²) < 4.78 is 14.4. The Morgan fingerprint density at radius 3 is 2.72 bits per heavy atom. The molecule has 0 unspecified atom stereocenters. The molecule has 0 saturated heterocycles. The fourth-order valence-electron chi connectivity index (χ4n) is 3.22. The second-order valence-corrected chi connectivity index (χ2v) is 6.78. The number of benzene rings is 2. The molecule has 25 heavy (non-hydrogen) atoms. The number of alkyl halides is 1. The first-order valence-electron chi connectivity index (χ1n) is 8.29. The highest BCUT2D eigenvalue weighted by Crippen LogP contribution is 2.32. The lowest BCUT2D eigenvalue weighted by Gasteiger charge is -2.10. The van der Waals surface area contributed by atoms with Crippen LogP contribution >= 0.6 is 11.3 Å². The quantitative estimate of drug-likeness (QED) is 0.528. The topological polar surface area (TPSA) is 34.9 Å².